The van der Waals surface area contributed by atoms with E-state index in [0.29, 0.717) is 5.01 Å². The first-order valence-electron chi connectivity index (χ1n) is 10.0. The molecule has 12 heteroatoms. The van der Waals surface area contributed by atoms with Gasteiger partial charge >= 0.3 is 11.7 Å². The van der Waals surface area contributed by atoms with E-state index in [9.17, 15) is 19.2 Å². The summed E-state index contributed by atoms with van der Waals surface area (Å²) in [7, 11) is 3.01. The molecule has 0 amide bonds. The lowest BCUT2D eigenvalue weighted by Gasteiger charge is -2.14. The molecule has 2 N–H and O–H groups in total. The first kappa shape index (κ1) is 22.9. The van der Waals surface area contributed by atoms with Gasteiger partial charge in [0.05, 0.1) is 12.7 Å². The van der Waals surface area contributed by atoms with E-state index >= 15 is 0 Å². The van der Waals surface area contributed by atoms with Crippen molar-refractivity contribution in [3.8, 4) is 10.6 Å². The molecule has 0 radical (unpaired) electrons. The van der Waals surface area contributed by atoms with Crippen LogP contribution in [-0.4, -0.2) is 42.3 Å². The third kappa shape index (κ3) is 4.43. The number of aryl methyl sites for hydroxylation is 1. The Bertz CT molecular complexity index is 1500. The van der Waals surface area contributed by atoms with Crippen LogP contribution in [0.3, 0.4) is 0 Å². The molecule has 11 nitrogen and oxygen atoms in total. The van der Waals surface area contributed by atoms with Gasteiger partial charge in [0.1, 0.15) is 16.4 Å². The van der Waals surface area contributed by atoms with Crippen molar-refractivity contribution < 1.29 is 14.3 Å². The maximum Gasteiger partial charge on any atom is 0.358 e. The summed E-state index contributed by atoms with van der Waals surface area (Å²) in [5.41, 5.74) is 5.63. The number of hydrogen-bond acceptors (Lipinski definition) is 9. The monoisotopic (exact) mass is 480 g/mol. The van der Waals surface area contributed by atoms with Crippen LogP contribution in [0.15, 0.2) is 57.7 Å². The van der Waals surface area contributed by atoms with Gasteiger partial charge in [-0.25, -0.2) is 14.6 Å². The van der Waals surface area contributed by atoms with Gasteiger partial charge in [0, 0.05) is 31.2 Å². The highest BCUT2D eigenvalue weighted by molar-refractivity contribution is 7.13. The summed E-state index contributed by atoms with van der Waals surface area (Å²) in [6, 6.07) is 8.98. The predicted octanol–water partition coefficient (Wildman–Crippen LogP) is 1.07. The summed E-state index contributed by atoms with van der Waals surface area (Å²) in [4.78, 5) is 54.6. The smallest absolute Gasteiger partial charge is 0.358 e. The number of carbonyl (C=O) groups excluding carboxylic acids is 2. The van der Waals surface area contributed by atoms with Crippen LogP contribution in [0.2, 0.25) is 0 Å². The standard InChI is InChI=1S/C22H20N6O5S/c1-26-10-14(8-24-26)19-25-15(12-34-19)21(31)33-11-16(29)17-18(23)28(22(32)27(2)20(17)30)9-13-6-4-3-5-7-13/h3-8,10,12H,9,11,23H2,1-2H3. The number of Topliss-reactive ketones (excluding diaryl/α,β-unsaturated/α-hetero) is 1. The van der Waals surface area contributed by atoms with Gasteiger partial charge in [-0.05, 0) is 5.56 Å². The number of carbonyl (C=O) groups is 2. The molecule has 0 spiro atoms. The van der Waals surface area contributed by atoms with E-state index in [1.165, 1.54) is 23.8 Å². The lowest BCUT2D eigenvalue weighted by Crippen LogP contribution is -2.43. The van der Waals surface area contributed by atoms with E-state index in [1.54, 1.807) is 48.4 Å². The molecule has 0 saturated heterocycles. The van der Waals surface area contributed by atoms with Crippen LogP contribution in [0.4, 0.5) is 5.82 Å². The molecule has 34 heavy (non-hydrogen) atoms. The summed E-state index contributed by atoms with van der Waals surface area (Å²) in [5.74, 6) is -1.94. The van der Waals surface area contributed by atoms with Crippen molar-refractivity contribution >= 4 is 28.9 Å². The largest absolute Gasteiger partial charge is 0.453 e. The van der Waals surface area contributed by atoms with Crippen LogP contribution in [0.5, 0.6) is 0 Å². The highest BCUT2D eigenvalue weighted by Gasteiger charge is 2.23. The lowest BCUT2D eigenvalue weighted by atomic mass is 10.2. The van der Waals surface area contributed by atoms with Gasteiger partial charge in [-0.3, -0.25) is 23.4 Å². The number of nitrogens with two attached hydrogens (primary N) is 1. The highest BCUT2D eigenvalue weighted by Crippen LogP contribution is 2.23. The van der Waals surface area contributed by atoms with Crippen molar-refractivity contribution in [1.29, 1.82) is 0 Å². The van der Waals surface area contributed by atoms with Gasteiger partial charge < -0.3 is 10.5 Å². The van der Waals surface area contributed by atoms with Crippen molar-refractivity contribution in [2.24, 2.45) is 14.1 Å². The first-order valence-corrected chi connectivity index (χ1v) is 10.9. The fraction of sp³-hybridized carbons (Fsp3) is 0.182. The molecule has 174 valence electrons. The Morgan fingerprint density at radius 3 is 2.56 bits per heavy atom. The highest BCUT2D eigenvalue weighted by atomic mass is 32.1. The van der Waals surface area contributed by atoms with Crippen molar-refractivity contribution in [1.82, 2.24) is 23.9 Å². The molecule has 3 aromatic heterocycles. The van der Waals surface area contributed by atoms with Crippen molar-refractivity contribution in [3.05, 3.63) is 85.8 Å². The van der Waals surface area contributed by atoms with E-state index in [2.05, 4.69) is 10.1 Å². The Morgan fingerprint density at radius 2 is 1.88 bits per heavy atom. The number of benzene rings is 1. The normalized spacial score (nSPS) is 10.9. The van der Waals surface area contributed by atoms with Gasteiger partial charge in [0.25, 0.3) is 5.56 Å². The Kier molecular flexibility index (Phi) is 6.23. The number of ether oxygens (including phenoxy) is 1. The second-order valence-electron chi connectivity index (χ2n) is 7.42. The molecule has 0 atom stereocenters. The summed E-state index contributed by atoms with van der Waals surface area (Å²) in [6.07, 6.45) is 3.36. The number of thiazole rings is 1. The molecule has 0 aliphatic carbocycles. The minimum atomic E-state index is -0.861. The Labute approximate surface area is 196 Å². The molecule has 0 bridgehead atoms. The fourth-order valence-corrected chi connectivity index (χ4v) is 4.04. The Morgan fingerprint density at radius 1 is 1.15 bits per heavy atom. The van der Waals surface area contributed by atoms with E-state index in [4.69, 9.17) is 10.5 Å². The molecule has 4 aromatic rings. The summed E-state index contributed by atoms with van der Waals surface area (Å²) in [6.45, 7) is -0.669. The third-order valence-corrected chi connectivity index (χ3v) is 5.94. The number of hydrogen-bond donors (Lipinski definition) is 1. The fourth-order valence-electron chi connectivity index (χ4n) is 3.27. The van der Waals surface area contributed by atoms with E-state index < -0.39 is 35.2 Å². The van der Waals surface area contributed by atoms with Crippen LogP contribution in [0, 0.1) is 0 Å². The Hall–Kier alpha value is -4.32. The quantitative estimate of drug-likeness (QED) is 0.306. The SMILES string of the molecule is Cn1cc(-c2nc(C(=O)OCC(=O)c3c(N)n(Cc4ccccc4)c(=O)n(C)c3=O)cs2)cn1. The number of anilines is 1. The minimum Gasteiger partial charge on any atom is -0.453 e. The number of ketones is 1. The van der Waals surface area contributed by atoms with Crippen molar-refractivity contribution in [2.45, 2.75) is 6.54 Å². The number of nitrogens with zero attached hydrogens (tertiary/aromatic N) is 5. The molecule has 0 aliphatic heterocycles. The maximum atomic E-state index is 12.8. The molecule has 1 aromatic carbocycles. The van der Waals surface area contributed by atoms with Gasteiger partial charge in [0.2, 0.25) is 5.78 Å². The molecule has 0 aliphatic rings. The lowest BCUT2D eigenvalue weighted by molar-refractivity contribution is 0.0469. The van der Waals surface area contributed by atoms with Crippen LogP contribution in [-0.2, 0) is 25.4 Å². The molecule has 0 saturated carbocycles. The molecule has 3 heterocycles. The molecule has 0 fully saturated rings. The molecular weight excluding hydrogens is 460 g/mol. The zero-order valence-corrected chi connectivity index (χ0v) is 19.1. The van der Waals surface area contributed by atoms with Crippen LogP contribution in [0.25, 0.3) is 10.6 Å². The van der Waals surface area contributed by atoms with E-state index in [-0.39, 0.29) is 18.1 Å². The number of esters is 1. The zero-order chi connectivity index (χ0) is 24.4. The average molecular weight is 481 g/mol. The van der Waals surface area contributed by atoms with Crippen LogP contribution < -0.4 is 17.0 Å². The van der Waals surface area contributed by atoms with Crippen molar-refractivity contribution in [2.75, 3.05) is 12.3 Å². The van der Waals surface area contributed by atoms with Crippen LogP contribution >= 0.6 is 11.3 Å². The number of rotatable bonds is 7. The summed E-state index contributed by atoms with van der Waals surface area (Å²) >= 11 is 1.22. The predicted molar refractivity (Wildman–Crippen MR) is 125 cm³/mol. The van der Waals surface area contributed by atoms with Crippen LogP contribution in [0.1, 0.15) is 26.4 Å². The zero-order valence-electron chi connectivity index (χ0n) is 18.3. The molecular formula is C22H20N6O5S. The number of aromatic nitrogens is 5. The average Bonchev–Trinajstić information content (AvgIpc) is 3.49. The molecule has 4 rings (SSSR count). The van der Waals surface area contributed by atoms with Gasteiger partial charge in [-0.1, -0.05) is 30.3 Å². The first-order chi connectivity index (χ1) is 16.3. The summed E-state index contributed by atoms with van der Waals surface area (Å²) < 4.78 is 8.62. The summed E-state index contributed by atoms with van der Waals surface area (Å²) in [5, 5.41) is 6.13. The topological polar surface area (TPSA) is 144 Å². The number of nitrogen functional groups attached to an aromatic ring is 1. The third-order valence-electron chi connectivity index (χ3n) is 5.05. The van der Waals surface area contributed by atoms with Gasteiger partial charge in [-0.15, -0.1) is 11.3 Å². The van der Waals surface area contributed by atoms with Gasteiger partial charge in [0.15, 0.2) is 12.3 Å². The molecule has 0 unspecified atom stereocenters. The van der Waals surface area contributed by atoms with E-state index in [1.807, 2.05) is 6.07 Å². The van der Waals surface area contributed by atoms with Gasteiger partial charge in [-0.2, -0.15) is 5.10 Å². The van der Waals surface area contributed by atoms with E-state index in [0.717, 1.165) is 20.3 Å². The van der Waals surface area contributed by atoms with Crippen molar-refractivity contribution in [3.63, 3.8) is 0 Å². The maximum absolute atomic E-state index is 12.8. The minimum absolute atomic E-state index is 0.0200. The second-order valence-corrected chi connectivity index (χ2v) is 8.28. The Balaban J connectivity index is 1.54. The second kappa shape index (κ2) is 9.27.